The normalized spacial score (nSPS) is 11.1. The van der Waals surface area contributed by atoms with Crippen molar-refractivity contribution in [3.8, 4) is 0 Å². The van der Waals surface area contributed by atoms with Crippen molar-refractivity contribution < 1.29 is 9.53 Å². The molecule has 1 aromatic carbocycles. The summed E-state index contributed by atoms with van der Waals surface area (Å²) in [7, 11) is 6.02. The van der Waals surface area contributed by atoms with Crippen molar-refractivity contribution >= 4 is 5.97 Å². The van der Waals surface area contributed by atoms with Gasteiger partial charge in [0, 0.05) is 12.6 Å². The molecule has 0 heterocycles. The molecule has 4 heteroatoms. The SMILES string of the molecule is CC.CC.CNCC(c1ccc(C(=O)OC(C)C)cc1)N(C)C. The van der Waals surface area contributed by atoms with Gasteiger partial charge in [-0.15, -0.1) is 0 Å². The predicted octanol–water partition coefficient (Wildman–Crippen LogP) is 4.13. The van der Waals surface area contributed by atoms with Gasteiger partial charge in [0.1, 0.15) is 0 Å². The van der Waals surface area contributed by atoms with Crippen LogP contribution in [0.5, 0.6) is 0 Å². The highest BCUT2D eigenvalue weighted by molar-refractivity contribution is 5.89. The molecule has 4 nitrogen and oxygen atoms in total. The molecule has 1 unspecified atom stereocenters. The van der Waals surface area contributed by atoms with Crippen molar-refractivity contribution in [2.45, 2.75) is 53.7 Å². The molecule has 0 bridgehead atoms. The van der Waals surface area contributed by atoms with Crippen molar-refractivity contribution in [3.63, 3.8) is 0 Å². The Bertz CT molecular complexity index is 400. The number of hydrogen-bond acceptors (Lipinski definition) is 4. The molecule has 0 saturated heterocycles. The van der Waals surface area contributed by atoms with Crippen LogP contribution in [0, 0.1) is 0 Å². The third kappa shape index (κ3) is 9.36. The monoisotopic (exact) mass is 324 g/mol. The largest absolute Gasteiger partial charge is 0.459 e. The average Bonchev–Trinajstić information content (AvgIpc) is 2.55. The van der Waals surface area contributed by atoms with Crippen LogP contribution in [0.25, 0.3) is 0 Å². The van der Waals surface area contributed by atoms with Crippen molar-refractivity contribution in [1.29, 1.82) is 0 Å². The molecular weight excluding hydrogens is 288 g/mol. The predicted molar refractivity (Wildman–Crippen MR) is 100 cm³/mol. The molecule has 1 rings (SSSR count). The second-order valence-electron chi connectivity index (χ2n) is 5.11. The first-order valence-electron chi connectivity index (χ1n) is 8.57. The Kier molecular flexibility index (Phi) is 14.8. The van der Waals surface area contributed by atoms with Gasteiger partial charge in [0.2, 0.25) is 0 Å². The minimum atomic E-state index is -0.267. The van der Waals surface area contributed by atoms with Crippen LogP contribution in [-0.2, 0) is 4.74 Å². The Morgan fingerprint density at radius 1 is 1.09 bits per heavy atom. The molecule has 1 N–H and O–H groups in total. The van der Waals surface area contributed by atoms with E-state index in [0.29, 0.717) is 11.6 Å². The van der Waals surface area contributed by atoms with Crippen LogP contribution in [0.1, 0.15) is 63.5 Å². The quantitative estimate of drug-likeness (QED) is 0.799. The number of likely N-dealkylation sites (N-methyl/N-ethyl adjacent to an activating group) is 2. The number of carbonyl (C=O) groups excluding carboxylic acids is 1. The van der Waals surface area contributed by atoms with Crippen molar-refractivity contribution in [3.05, 3.63) is 35.4 Å². The van der Waals surface area contributed by atoms with E-state index in [0.717, 1.165) is 6.54 Å². The highest BCUT2D eigenvalue weighted by Gasteiger charge is 2.14. The van der Waals surface area contributed by atoms with Gasteiger partial charge >= 0.3 is 5.97 Å². The van der Waals surface area contributed by atoms with Crippen LogP contribution in [0.4, 0.5) is 0 Å². The average molecular weight is 325 g/mol. The van der Waals surface area contributed by atoms with Crippen LogP contribution in [0.15, 0.2) is 24.3 Å². The highest BCUT2D eigenvalue weighted by Crippen LogP contribution is 2.18. The van der Waals surface area contributed by atoms with E-state index in [1.54, 1.807) is 0 Å². The fraction of sp³-hybridized carbons (Fsp3) is 0.632. The van der Waals surface area contributed by atoms with E-state index in [4.69, 9.17) is 4.74 Å². The summed E-state index contributed by atoms with van der Waals surface area (Å²) in [6.45, 7) is 12.6. The Hall–Kier alpha value is -1.39. The molecule has 0 saturated carbocycles. The summed E-state index contributed by atoms with van der Waals surface area (Å²) in [5.41, 5.74) is 1.78. The third-order valence-electron chi connectivity index (χ3n) is 2.89. The van der Waals surface area contributed by atoms with Gasteiger partial charge in [0.05, 0.1) is 11.7 Å². The van der Waals surface area contributed by atoms with E-state index < -0.39 is 0 Å². The number of nitrogens with zero attached hydrogens (tertiary/aromatic N) is 1. The molecule has 0 aliphatic heterocycles. The van der Waals surface area contributed by atoms with Crippen molar-refractivity contribution in [1.82, 2.24) is 10.2 Å². The van der Waals surface area contributed by atoms with E-state index in [2.05, 4.69) is 10.2 Å². The molecule has 1 aromatic rings. The number of hydrogen-bond donors (Lipinski definition) is 1. The van der Waals surface area contributed by atoms with Gasteiger partial charge in [-0.2, -0.15) is 0 Å². The summed E-state index contributed by atoms with van der Waals surface area (Å²) in [6.07, 6.45) is -0.0917. The second-order valence-corrected chi connectivity index (χ2v) is 5.11. The Morgan fingerprint density at radius 2 is 1.57 bits per heavy atom. The standard InChI is InChI=1S/C15H24N2O2.2C2H6/c1-11(2)19-15(18)13-8-6-12(7-9-13)14(10-16-3)17(4)5;2*1-2/h6-9,11,14,16H,10H2,1-5H3;2*1-2H3. The van der Waals surface area contributed by atoms with Crippen LogP contribution >= 0.6 is 0 Å². The fourth-order valence-electron chi connectivity index (χ4n) is 1.92. The van der Waals surface area contributed by atoms with Gasteiger partial charge in [-0.3, -0.25) is 0 Å². The van der Waals surface area contributed by atoms with Gasteiger partial charge in [-0.05, 0) is 52.7 Å². The first-order chi connectivity index (χ1) is 11.0. The molecule has 1 atom stereocenters. The van der Waals surface area contributed by atoms with Gasteiger partial charge in [-0.25, -0.2) is 4.79 Å². The first kappa shape index (κ1) is 23.9. The number of esters is 1. The minimum Gasteiger partial charge on any atom is -0.459 e. The van der Waals surface area contributed by atoms with E-state index in [9.17, 15) is 4.79 Å². The lowest BCUT2D eigenvalue weighted by Crippen LogP contribution is -2.29. The van der Waals surface area contributed by atoms with Gasteiger partial charge in [0.15, 0.2) is 0 Å². The van der Waals surface area contributed by atoms with Crippen molar-refractivity contribution in [2.75, 3.05) is 27.7 Å². The number of carbonyl (C=O) groups is 1. The molecule has 0 aliphatic rings. The Morgan fingerprint density at radius 3 is 1.91 bits per heavy atom. The van der Waals surface area contributed by atoms with E-state index in [1.165, 1.54) is 5.56 Å². The minimum absolute atomic E-state index is 0.0917. The summed E-state index contributed by atoms with van der Waals surface area (Å²) >= 11 is 0. The van der Waals surface area contributed by atoms with Crippen LogP contribution < -0.4 is 5.32 Å². The molecule has 0 fully saturated rings. The fourth-order valence-corrected chi connectivity index (χ4v) is 1.92. The van der Waals surface area contributed by atoms with E-state index >= 15 is 0 Å². The maximum absolute atomic E-state index is 11.8. The maximum atomic E-state index is 11.8. The van der Waals surface area contributed by atoms with E-state index in [-0.39, 0.29) is 12.1 Å². The number of benzene rings is 1. The summed E-state index contributed by atoms with van der Waals surface area (Å²) in [5.74, 6) is -0.267. The number of nitrogens with one attached hydrogen (secondary N) is 1. The Labute approximate surface area is 143 Å². The molecular formula is C19H36N2O2. The molecule has 0 spiro atoms. The zero-order valence-electron chi connectivity index (χ0n) is 16.4. The summed E-state index contributed by atoms with van der Waals surface area (Å²) in [4.78, 5) is 13.9. The molecule has 0 aromatic heterocycles. The lowest BCUT2D eigenvalue weighted by molar-refractivity contribution is 0.0378. The second kappa shape index (κ2) is 14.2. The van der Waals surface area contributed by atoms with Crippen LogP contribution in [0.3, 0.4) is 0 Å². The zero-order valence-corrected chi connectivity index (χ0v) is 16.4. The first-order valence-corrected chi connectivity index (χ1v) is 8.57. The number of ether oxygens (including phenoxy) is 1. The smallest absolute Gasteiger partial charge is 0.338 e. The van der Waals surface area contributed by atoms with E-state index in [1.807, 2.05) is 87.0 Å². The third-order valence-corrected chi connectivity index (χ3v) is 2.89. The van der Waals surface area contributed by atoms with Gasteiger partial charge in [-0.1, -0.05) is 39.8 Å². The molecule has 0 amide bonds. The van der Waals surface area contributed by atoms with Gasteiger partial charge in [0.25, 0.3) is 0 Å². The van der Waals surface area contributed by atoms with Gasteiger partial charge < -0.3 is 15.0 Å². The summed E-state index contributed by atoms with van der Waals surface area (Å²) in [5, 5.41) is 3.18. The summed E-state index contributed by atoms with van der Waals surface area (Å²) < 4.78 is 5.17. The highest BCUT2D eigenvalue weighted by atomic mass is 16.5. The topological polar surface area (TPSA) is 41.6 Å². The summed E-state index contributed by atoms with van der Waals surface area (Å²) in [6, 6.07) is 7.91. The van der Waals surface area contributed by atoms with Crippen molar-refractivity contribution in [2.24, 2.45) is 0 Å². The number of rotatable bonds is 6. The van der Waals surface area contributed by atoms with Crippen LogP contribution in [-0.4, -0.2) is 44.7 Å². The zero-order chi connectivity index (χ0) is 18.4. The molecule has 0 aliphatic carbocycles. The Balaban J connectivity index is 0. The lowest BCUT2D eigenvalue weighted by atomic mass is 10.0. The van der Waals surface area contributed by atoms with Crippen LogP contribution in [0.2, 0.25) is 0 Å². The molecule has 0 radical (unpaired) electrons. The maximum Gasteiger partial charge on any atom is 0.338 e. The molecule has 23 heavy (non-hydrogen) atoms. The molecule has 134 valence electrons. The lowest BCUT2D eigenvalue weighted by Gasteiger charge is -2.24.